The van der Waals surface area contributed by atoms with Crippen LogP contribution in [-0.4, -0.2) is 21.5 Å². The van der Waals surface area contributed by atoms with Crippen LogP contribution < -0.4 is 5.32 Å². The van der Waals surface area contributed by atoms with Crippen molar-refractivity contribution in [2.24, 2.45) is 0 Å². The summed E-state index contributed by atoms with van der Waals surface area (Å²) in [7, 11) is 0. The SMILES string of the molecule is Cc1nn(-c2cccc(F)c2)c2c1C(C(=O)c1cccs1)CC(=O)N2. The monoisotopic (exact) mass is 355 g/mol. The largest absolute Gasteiger partial charge is 0.310 e. The van der Waals surface area contributed by atoms with Crippen LogP contribution in [0.15, 0.2) is 41.8 Å². The smallest absolute Gasteiger partial charge is 0.226 e. The Labute approximate surface area is 147 Å². The molecule has 0 bridgehead atoms. The lowest BCUT2D eigenvalue weighted by molar-refractivity contribution is -0.116. The number of thiophene rings is 1. The maximum atomic E-state index is 13.6. The Bertz CT molecular complexity index is 978. The molecule has 5 nitrogen and oxygen atoms in total. The molecule has 3 heterocycles. The molecule has 1 N–H and O–H groups in total. The van der Waals surface area contributed by atoms with E-state index in [4.69, 9.17) is 0 Å². The summed E-state index contributed by atoms with van der Waals surface area (Å²) in [6.45, 7) is 1.79. The topological polar surface area (TPSA) is 64.0 Å². The van der Waals surface area contributed by atoms with E-state index in [0.29, 0.717) is 27.6 Å². The lowest BCUT2D eigenvalue weighted by Crippen LogP contribution is -2.28. The second-order valence-electron chi connectivity index (χ2n) is 5.89. The van der Waals surface area contributed by atoms with Gasteiger partial charge in [0, 0.05) is 12.0 Å². The van der Waals surface area contributed by atoms with Crippen LogP contribution in [0.1, 0.15) is 33.3 Å². The lowest BCUT2D eigenvalue weighted by atomic mass is 9.87. The molecule has 0 aliphatic carbocycles. The van der Waals surface area contributed by atoms with Gasteiger partial charge in [-0.15, -0.1) is 11.3 Å². The number of rotatable bonds is 3. The van der Waals surface area contributed by atoms with Crippen LogP contribution in [0, 0.1) is 12.7 Å². The minimum atomic E-state index is -0.579. The number of nitrogens with zero attached hydrogens (tertiary/aromatic N) is 2. The van der Waals surface area contributed by atoms with Crippen molar-refractivity contribution in [2.75, 3.05) is 5.32 Å². The van der Waals surface area contributed by atoms with Crippen LogP contribution >= 0.6 is 11.3 Å². The molecule has 2 aromatic heterocycles. The van der Waals surface area contributed by atoms with Gasteiger partial charge in [-0.3, -0.25) is 9.59 Å². The van der Waals surface area contributed by atoms with E-state index in [1.165, 1.54) is 28.2 Å². The van der Waals surface area contributed by atoms with Gasteiger partial charge in [-0.05, 0) is 36.6 Å². The summed E-state index contributed by atoms with van der Waals surface area (Å²) >= 11 is 1.35. The number of amides is 1. The van der Waals surface area contributed by atoms with Crippen molar-refractivity contribution in [3.05, 3.63) is 63.7 Å². The highest BCUT2D eigenvalue weighted by atomic mass is 32.1. The number of benzene rings is 1. The summed E-state index contributed by atoms with van der Waals surface area (Å²) in [5, 5.41) is 9.06. The summed E-state index contributed by atoms with van der Waals surface area (Å²) in [6.07, 6.45) is 0.0828. The Morgan fingerprint density at radius 3 is 2.92 bits per heavy atom. The Kier molecular flexibility index (Phi) is 3.73. The maximum absolute atomic E-state index is 13.6. The fourth-order valence-electron chi connectivity index (χ4n) is 3.16. The van der Waals surface area contributed by atoms with Gasteiger partial charge in [0.1, 0.15) is 11.6 Å². The molecule has 1 atom stereocenters. The summed E-state index contributed by atoms with van der Waals surface area (Å²) in [5.41, 5.74) is 1.84. The molecule has 126 valence electrons. The molecule has 7 heteroatoms. The third kappa shape index (κ3) is 2.66. The van der Waals surface area contributed by atoms with Crippen LogP contribution in [0.3, 0.4) is 0 Å². The van der Waals surface area contributed by atoms with Gasteiger partial charge >= 0.3 is 0 Å². The number of aromatic nitrogens is 2. The van der Waals surface area contributed by atoms with Crippen LogP contribution in [0.4, 0.5) is 10.2 Å². The molecular formula is C18H14FN3O2S. The molecule has 3 aromatic rings. The van der Waals surface area contributed by atoms with E-state index in [1.54, 1.807) is 25.1 Å². The number of fused-ring (bicyclic) bond motifs is 1. The maximum Gasteiger partial charge on any atom is 0.226 e. The van der Waals surface area contributed by atoms with Gasteiger partial charge < -0.3 is 5.32 Å². The first kappa shape index (κ1) is 15.7. The van der Waals surface area contributed by atoms with Gasteiger partial charge in [-0.1, -0.05) is 12.1 Å². The first-order chi connectivity index (χ1) is 12.0. The average molecular weight is 355 g/mol. The third-order valence-electron chi connectivity index (χ3n) is 4.24. The molecule has 0 saturated carbocycles. The van der Waals surface area contributed by atoms with Crippen molar-refractivity contribution in [3.63, 3.8) is 0 Å². The molecule has 1 amide bonds. The van der Waals surface area contributed by atoms with Crippen LogP contribution in [0.2, 0.25) is 0 Å². The van der Waals surface area contributed by atoms with Crippen molar-refractivity contribution in [1.29, 1.82) is 0 Å². The second-order valence-corrected chi connectivity index (χ2v) is 6.83. The number of carbonyl (C=O) groups is 2. The number of hydrogen-bond acceptors (Lipinski definition) is 4. The van der Waals surface area contributed by atoms with Crippen molar-refractivity contribution < 1.29 is 14.0 Å². The van der Waals surface area contributed by atoms with E-state index in [9.17, 15) is 14.0 Å². The number of nitrogens with one attached hydrogen (secondary N) is 1. The van der Waals surface area contributed by atoms with E-state index in [1.807, 2.05) is 11.4 Å². The molecular weight excluding hydrogens is 341 g/mol. The number of carbonyl (C=O) groups excluding carboxylic acids is 2. The Morgan fingerprint density at radius 2 is 2.20 bits per heavy atom. The summed E-state index contributed by atoms with van der Waals surface area (Å²) in [4.78, 5) is 25.7. The number of halogens is 1. The molecule has 1 aliphatic rings. The molecule has 25 heavy (non-hydrogen) atoms. The molecule has 1 aromatic carbocycles. The van der Waals surface area contributed by atoms with Crippen molar-refractivity contribution in [3.8, 4) is 5.69 Å². The molecule has 0 saturated heterocycles. The zero-order chi connectivity index (χ0) is 17.6. The number of hydrogen-bond donors (Lipinski definition) is 1. The summed E-state index contributed by atoms with van der Waals surface area (Å²) < 4.78 is 15.1. The molecule has 0 fully saturated rings. The van der Waals surface area contributed by atoms with Crippen LogP contribution in [0.5, 0.6) is 0 Å². The molecule has 1 aliphatic heterocycles. The number of Topliss-reactive ketones (excluding diaryl/α,β-unsaturated/α-hetero) is 1. The molecule has 0 spiro atoms. The standard InChI is InChI=1S/C18H14FN3O2S/c1-10-16-13(17(24)14-6-3-7-25-14)9-15(23)20-18(16)22(21-10)12-5-2-4-11(19)8-12/h2-8,13H,9H2,1H3,(H,20,23). The highest BCUT2D eigenvalue weighted by molar-refractivity contribution is 7.12. The zero-order valence-electron chi connectivity index (χ0n) is 13.3. The second kappa shape index (κ2) is 5.93. The van der Waals surface area contributed by atoms with Gasteiger partial charge in [-0.2, -0.15) is 5.10 Å². The normalized spacial score (nSPS) is 16.4. The van der Waals surface area contributed by atoms with E-state index < -0.39 is 11.7 Å². The molecule has 0 radical (unpaired) electrons. The van der Waals surface area contributed by atoms with Crippen LogP contribution in [-0.2, 0) is 4.79 Å². The molecule has 4 rings (SSSR count). The molecule has 1 unspecified atom stereocenters. The highest BCUT2D eigenvalue weighted by Gasteiger charge is 2.36. The van der Waals surface area contributed by atoms with Gasteiger partial charge in [0.15, 0.2) is 5.78 Å². The Morgan fingerprint density at radius 1 is 1.36 bits per heavy atom. The highest BCUT2D eigenvalue weighted by Crippen LogP contribution is 2.38. The van der Waals surface area contributed by atoms with Crippen molar-refractivity contribution in [1.82, 2.24) is 9.78 Å². The van der Waals surface area contributed by atoms with Gasteiger partial charge in [0.05, 0.1) is 22.2 Å². The van der Waals surface area contributed by atoms with Crippen LogP contribution in [0.25, 0.3) is 5.69 Å². The van der Waals surface area contributed by atoms with E-state index >= 15 is 0 Å². The Balaban J connectivity index is 1.85. The van der Waals surface area contributed by atoms with Crippen molar-refractivity contribution in [2.45, 2.75) is 19.3 Å². The minimum absolute atomic E-state index is 0.0828. The average Bonchev–Trinajstić information content (AvgIpc) is 3.22. The number of ketones is 1. The summed E-state index contributed by atoms with van der Waals surface area (Å²) in [6, 6.07) is 9.52. The Hall–Kier alpha value is -2.80. The van der Waals surface area contributed by atoms with E-state index in [2.05, 4.69) is 10.4 Å². The zero-order valence-corrected chi connectivity index (χ0v) is 14.1. The fourth-order valence-corrected chi connectivity index (χ4v) is 3.88. The predicted octanol–water partition coefficient (Wildman–Crippen LogP) is 3.69. The third-order valence-corrected chi connectivity index (χ3v) is 5.12. The van der Waals surface area contributed by atoms with E-state index in [-0.39, 0.29) is 18.1 Å². The first-order valence-electron chi connectivity index (χ1n) is 7.77. The predicted molar refractivity (Wildman–Crippen MR) is 92.9 cm³/mol. The minimum Gasteiger partial charge on any atom is -0.310 e. The van der Waals surface area contributed by atoms with Crippen molar-refractivity contribution >= 4 is 28.8 Å². The summed E-state index contributed by atoms with van der Waals surface area (Å²) in [5.74, 6) is -0.875. The number of aryl methyl sites for hydroxylation is 1. The number of anilines is 1. The van der Waals surface area contributed by atoms with E-state index in [0.717, 1.165) is 0 Å². The quantitative estimate of drug-likeness (QED) is 0.729. The van der Waals surface area contributed by atoms with Gasteiger partial charge in [-0.25, -0.2) is 9.07 Å². The van der Waals surface area contributed by atoms with Gasteiger partial charge in [0.2, 0.25) is 5.91 Å². The van der Waals surface area contributed by atoms with Gasteiger partial charge in [0.25, 0.3) is 0 Å². The lowest BCUT2D eigenvalue weighted by Gasteiger charge is -2.22. The fraction of sp³-hybridized carbons (Fsp3) is 0.167. The first-order valence-corrected chi connectivity index (χ1v) is 8.65.